The smallest absolute Gasteiger partial charge is 0.308 e. The van der Waals surface area contributed by atoms with E-state index in [0.717, 1.165) is 25.7 Å². The van der Waals surface area contributed by atoms with Crippen LogP contribution >= 0.6 is 0 Å². The van der Waals surface area contributed by atoms with E-state index in [-0.39, 0.29) is 24.3 Å². The van der Waals surface area contributed by atoms with Crippen molar-refractivity contribution in [3.8, 4) is 0 Å². The minimum absolute atomic E-state index is 0.0379. The van der Waals surface area contributed by atoms with Crippen LogP contribution in [0.15, 0.2) is 0 Å². The quantitative estimate of drug-likeness (QED) is 0.572. The molecule has 6 unspecified atom stereocenters. The summed E-state index contributed by atoms with van der Waals surface area (Å²) in [7, 11) is 1.48. The Kier molecular flexibility index (Phi) is 5.33. The van der Waals surface area contributed by atoms with Gasteiger partial charge in [0.25, 0.3) is 0 Å². The molecule has 0 aromatic rings. The topological polar surface area (TPSA) is 88.4 Å². The van der Waals surface area contributed by atoms with Crippen molar-refractivity contribution in [1.29, 1.82) is 0 Å². The van der Waals surface area contributed by atoms with Crippen LogP contribution in [-0.2, 0) is 9.53 Å². The summed E-state index contributed by atoms with van der Waals surface area (Å²) >= 11 is 0. The molecule has 0 bridgehead atoms. The van der Waals surface area contributed by atoms with Gasteiger partial charge in [-0.25, -0.2) is 0 Å². The average molecular weight is 310 g/mol. The molecular weight excluding hydrogens is 280 g/mol. The first-order chi connectivity index (χ1) is 10.7. The number of fused-ring (bicyclic) bond motifs is 1. The molecule has 6 heteroatoms. The zero-order valence-electron chi connectivity index (χ0n) is 13.5. The van der Waals surface area contributed by atoms with Crippen molar-refractivity contribution in [2.24, 2.45) is 17.6 Å². The molecule has 3 aliphatic rings. The second-order valence-corrected chi connectivity index (χ2v) is 7.10. The molecule has 0 amide bonds. The highest BCUT2D eigenvalue weighted by Crippen LogP contribution is 2.29. The van der Waals surface area contributed by atoms with Crippen LogP contribution in [0.2, 0.25) is 0 Å². The van der Waals surface area contributed by atoms with Crippen molar-refractivity contribution < 1.29 is 9.53 Å². The summed E-state index contributed by atoms with van der Waals surface area (Å²) in [5.74, 6) is 0.511. The van der Waals surface area contributed by atoms with Crippen LogP contribution in [0.3, 0.4) is 0 Å². The van der Waals surface area contributed by atoms with Crippen molar-refractivity contribution >= 4 is 5.97 Å². The van der Waals surface area contributed by atoms with E-state index in [1.54, 1.807) is 0 Å². The van der Waals surface area contributed by atoms with Gasteiger partial charge in [0.15, 0.2) is 0 Å². The molecule has 1 saturated heterocycles. The molecule has 2 saturated carbocycles. The molecule has 1 heterocycles. The normalized spacial score (nSPS) is 42.5. The fourth-order valence-electron chi connectivity index (χ4n) is 4.43. The third kappa shape index (κ3) is 3.62. The summed E-state index contributed by atoms with van der Waals surface area (Å²) in [6.45, 7) is 0. The number of carbonyl (C=O) groups excluding carboxylic acids is 1. The number of hydrogen-bond donors (Lipinski definition) is 4. The highest BCUT2D eigenvalue weighted by Gasteiger charge is 2.37. The molecule has 1 aliphatic heterocycles. The summed E-state index contributed by atoms with van der Waals surface area (Å²) in [6, 6.07) is 0.859. The van der Waals surface area contributed by atoms with E-state index in [2.05, 4.69) is 16.0 Å². The molecular formula is C16H30N4O2. The zero-order valence-corrected chi connectivity index (χ0v) is 13.5. The first-order valence-corrected chi connectivity index (χ1v) is 8.79. The lowest BCUT2D eigenvalue weighted by Crippen LogP contribution is -2.71. The van der Waals surface area contributed by atoms with Gasteiger partial charge in [-0.15, -0.1) is 0 Å². The van der Waals surface area contributed by atoms with E-state index in [9.17, 15) is 4.79 Å². The summed E-state index contributed by atoms with van der Waals surface area (Å²) in [6.07, 6.45) is 9.11. The highest BCUT2D eigenvalue weighted by molar-refractivity contribution is 5.72. The maximum Gasteiger partial charge on any atom is 0.308 e. The number of nitrogens with two attached hydrogens (primary N) is 1. The van der Waals surface area contributed by atoms with E-state index in [4.69, 9.17) is 10.5 Å². The Labute approximate surface area is 132 Å². The van der Waals surface area contributed by atoms with Gasteiger partial charge >= 0.3 is 5.97 Å². The van der Waals surface area contributed by atoms with Crippen LogP contribution in [0.5, 0.6) is 0 Å². The molecule has 6 atom stereocenters. The van der Waals surface area contributed by atoms with Gasteiger partial charge in [-0.1, -0.05) is 19.3 Å². The number of esters is 1. The first kappa shape index (κ1) is 16.2. The van der Waals surface area contributed by atoms with Crippen molar-refractivity contribution in [2.75, 3.05) is 7.11 Å². The first-order valence-electron chi connectivity index (χ1n) is 8.79. The second kappa shape index (κ2) is 7.25. The molecule has 0 radical (unpaired) electrons. The van der Waals surface area contributed by atoms with Crippen LogP contribution in [0.4, 0.5) is 0 Å². The largest absolute Gasteiger partial charge is 0.469 e. The molecule has 5 N–H and O–H groups in total. The number of hydrogen-bond acceptors (Lipinski definition) is 6. The minimum Gasteiger partial charge on any atom is -0.469 e. The molecule has 0 aromatic heterocycles. The Bertz CT molecular complexity index is 392. The average Bonchev–Trinajstić information content (AvgIpc) is 2.54. The standard InChI is InChI=1S/C16H30N4O2/c1-22-15(21)10-5-4-6-11(9-10)18-16-19-13-8-3-2-7-12(13)14(17)20-16/h10-14,16,18-20H,2-9,17H2,1H3. The molecule has 22 heavy (non-hydrogen) atoms. The number of carbonyl (C=O) groups is 1. The third-order valence-corrected chi connectivity index (χ3v) is 5.63. The van der Waals surface area contributed by atoms with Gasteiger partial charge in [0.1, 0.15) is 6.29 Å². The van der Waals surface area contributed by atoms with E-state index >= 15 is 0 Å². The van der Waals surface area contributed by atoms with Gasteiger partial charge < -0.3 is 10.5 Å². The maximum absolute atomic E-state index is 11.7. The summed E-state index contributed by atoms with van der Waals surface area (Å²) in [5, 5.41) is 10.8. The van der Waals surface area contributed by atoms with Gasteiger partial charge in [0.2, 0.25) is 0 Å². The molecule has 3 fully saturated rings. The van der Waals surface area contributed by atoms with Crippen molar-refractivity contribution in [2.45, 2.75) is 75.9 Å². The van der Waals surface area contributed by atoms with Crippen LogP contribution in [0, 0.1) is 11.8 Å². The van der Waals surface area contributed by atoms with Gasteiger partial charge in [-0.2, -0.15) is 0 Å². The summed E-state index contributed by atoms with van der Waals surface area (Å²) in [5.41, 5.74) is 6.32. The predicted octanol–water partition coefficient (Wildman–Crippen LogP) is 0.628. The summed E-state index contributed by atoms with van der Waals surface area (Å²) < 4.78 is 4.90. The number of ether oxygens (including phenoxy) is 1. The van der Waals surface area contributed by atoms with E-state index in [0.29, 0.717) is 18.0 Å². The second-order valence-electron chi connectivity index (χ2n) is 7.10. The van der Waals surface area contributed by atoms with Gasteiger partial charge in [0.05, 0.1) is 19.2 Å². The molecule has 0 spiro atoms. The Balaban J connectivity index is 1.53. The highest BCUT2D eigenvalue weighted by atomic mass is 16.5. The zero-order chi connectivity index (χ0) is 15.5. The summed E-state index contributed by atoms with van der Waals surface area (Å²) in [4.78, 5) is 11.7. The Morgan fingerprint density at radius 1 is 1.14 bits per heavy atom. The lowest BCUT2D eigenvalue weighted by Gasteiger charge is -2.46. The van der Waals surface area contributed by atoms with E-state index in [1.165, 1.54) is 32.8 Å². The van der Waals surface area contributed by atoms with E-state index < -0.39 is 0 Å². The molecule has 3 rings (SSSR count). The Morgan fingerprint density at radius 2 is 1.95 bits per heavy atom. The van der Waals surface area contributed by atoms with Gasteiger partial charge in [-0.05, 0) is 32.1 Å². The van der Waals surface area contributed by atoms with Gasteiger partial charge in [-0.3, -0.25) is 20.7 Å². The predicted molar refractivity (Wildman–Crippen MR) is 84.7 cm³/mol. The number of methoxy groups -OCH3 is 1. The van der Waals surface area contributed by atoms with E-state index in [1.807, 2.05) is 0 Å². The Morgan fingerprint density at radius 3 is 2.77 bits per heavy atom. The van der Waals surface area contributed by atoms with Crippen LogP contribution in [-0.4, -0.2) is 37.6 Å². The lowest BCUT2D eigenvalue weighted by atomic mass is 9.81. The molecule has 126 valence electrons. The number of rotatable bonds is 3. The SMILES string of the molecule is COC(=O)C1CCCC(NC2NC(N)C3CCCCC3N2)C1. The maximum atomic E-state index is 11.7. The fourth-order valence-corrected chi connectivity index (χ4v) is 4.43. The fraction of sp³-hybridized carbons (Fsp3) is 0.938. The third-order valence-electron chi connectivity index (χ3n) is 5.63. The van der Waals surface area contributed by atoms with Crippen molar-refractivity contribution in [3.05, 3.63) is 0 Å². The number of nitrogens with one attached hydrogen (secondary N) is 3. The Hall–Kier alpha value is -0.690. The van der Waals surface area contributed by atoms with Crippen LogP contribution in [0.1, 0.15) is 51.4 Å². The lowest BCUT2D eigenvalue weighted by molar-refractivity contribution is -0.146. The monoisotopic (exact) mass is 310 g/mol. The molecule has 2 aliphatic carbocycles. The van der Waals surface area contributed by atoms with Crippen molar-refractivity contribution in [1.82, 2.24) is 16.0 Å². The van der Waals surface area contributed by atoms with Crippen molar-refractivity contribution in [3.63, 3.8) is 0 Å². The molecule has 0 aromatic carbocycles. The van der Waals surface area contributed by atoms with Gasteiger partial charge in [0, 0.05) is 18.0 Å². The molecule has 6 nitrogen and oxygen atoms in total. The van der Waals surface area contributed by atoms with Crippen LogP contribution < -0.4 is 21.7 Å². The minimum atomic E-state index is -0.0693. The van der Waals surface area contributed by atoms with Crippen LogP contribution in [0.25, 0.3) is 0 Å².